The van der Waals surface area contributed by atoms with Crippen molar-refractivity contribution in [2.75, 3.05) is 19.6 Å². The van der Waals surface area contributed by atoms with E-state index in [1.807, 2.05) is 18.7 Å². The Morgan fingerprint density at radius 1 is 1.53 bits per heavy atom. The van der Waals surface area contributed by atoms with Gasteiger partial charge in [-0.05, 0) is 39.3 Å². The molecule has 1 N–H and O–H groups in total. The van der Waals surface area contributed by atoms with Crippen LogP contribution in [0.5, 0.6) is 0 Å². The van der Waals surface area contributed by atoms with E-state index in [2.05, 4.69) is 22.2 Å². The summed E-state index contributed by atoms with van der Waals surface area (Å²) in [4.78, 5) is 2.49. The lowest BCUT2D eigenvalue weighted by molar-refractivity contribution is 0.236. The van der Waals surface area contributed by atoms with Crippen LogP contribution in [0.15, 0.2) is 0 Å². The maximum absolute atomic E-state index is 6.35. The molecule has 2 rings (SSSR count). The molecule has 0 radical (unpaired) electrons. The minimum atomic E-state index is 0.639. The van der Waals surface area contributed by atoms with Gasteiger partial charge in [-0.3, -0.25) is 9.58 Å². The highest BCUT2D eigenvalue weighted by atomic mass is 35.5. The number of hydrogen-bond donors (Lipinski definition) is 1. The second kappa shape index (κ2) is 6.73. The zero-order valence-electron chi connectivity index (χ0n) is 12.2. The van der Waals surface area contributed by atoms with Gasteiger partial charge in [0.15, 0.2) is 0 Å². The van der Waals surface area contributed by atoms with Gasteiger partial charge < -0.3 is 5.32 Å². The Morgan fingerprint density at radius 2 is 2.32 bits per heavy atom. The summed E-state index contributed by atoms with van der Waals surface area (Å²) in [7, 11) is 1.98. The molecule has 0 spiro atoms. The normalized spacial score (nSPS) is 19.5. The molecule has 0 saturated carbocycles. The lowest BCUT2D eigenvalue weighted by Crippen LogP contribution is -2.38. The van der Waals surface area contributed by atoms with E-state index in [0.29, 0.717) is 6.04 Å². The first-order valence-corrected chi connectivity index (χ1v) is 7.63. The average Bonchev–Trinajstić information content (AvgIpc) is 2.94. The number of halogens is 1. The molecule has 1 aliphatic heterocycles. The lowest BCUT2D eigenvalue weighted by Gasteiger charge is -2.25. The highest BCUT2D eigenvalue weighted by Crippen LogP contribution is 2.21. The predicted octanol–water partition coefficient (Wildman–Crippen LogP) is 2.35. The monoisotopic (exact) mass is 284 g/mol. The minimum Gasteiger partial charge on any atom is -0.313 e. The van der Waals surface area contributed by atoms with Gasteiger partial charge in [0.2, 0.25) is 0 Å². The third-order valence-electron chi connectivity index (χ3n) is 3.82. The summed E-state index contributed by atoms with van der Waals surface area (Å²) in [5.41, 5.74) is 2.06. The number of aromatic nitrogens is 2. The van der Waals surface area contributed by atoms with Crippen molar-refractivity contribution in [2.24, 2.45) is 7.05 Å². The first kappa shape index (κ1) is 14.8. The molecular formula is C14H25ClN4. The van der Waals surface area contributed by atoms with Crippen molar-refractivity contribution in [3.05, 3.63) is 16.4 Å². The maximum Gasteiger partial charge on any atom is 0.0860 e. The average molecular weight is 285 g/mol. The van der Waals surface area contributed by atoms with Gasteiger partial charge in [0.05, 0.1) is 16.4 Å². The summed E-state index contributed by atoms with van der Waals surface area (Å²) in [6, 6.07) is 0.639. The maximum atomic E-state index is 6.35. The third-order valence-corrected chi connectivity index (χ3v) is 4.31. The van der Waals surface area contributed by atoms with Crippen molar-refractivity contribution >= 4 is 11.6 Å². The van der Waals surface area contributed by atoms with Gasteiger partial charge in [-0.1, -0.05) is 18.5 Å². The molecule has 1 aliphatic rings. The van der Waals surface area contributed by atoms with Crippen LogP contribution >= 0.6 is 11.6 Å². The molecule has 1 aromatic heterocycles. The van der Waals surface area contributed by atoms with E-state index in [0.717, 1.165) is 42.6 Å². The van der Waals surface area contributed by atoms with E-state index in [9.17, 15) is 0 Å². The molecule has 108 valence electrons. The molecule has 1 unspecified atom stereocenters. The molecule has 0 amide bonds. The number of hydrogen-bond acceptors (Lipinski definition) is 3. The summed E-state index contributed by atoms with van der Waals surface area (Å²) >= 11 is 6.35. The van der Waals surface area contributed by atoms with E-state index < -0.39 is 0 Å². The highest BCUT2D eigenvalue weighted by molar-refractivity contribution is 6.31. The van der Waals surface area contributed by atoms with Gasteiger partial charge in [0, 0.05) is 26.2 Å². The fourth-order valence-corrected chi connectivity index (χ4v) is 3.06. The summed E-state index contributed by atoms with van der Waals surface area (Å²) < 4.78 is 1.92. The van der Waals surface area contributed by atoms with Crippen LogP contribution in [-0.2, 0) is 13.6 Å². The molecule has 0 aromatic carbocycles. The van der Waals surface area contributed by atoms with Crippen molar-refractivity contribution < 1.29 is 0 Å². The van der Waals surface area contributed by atoms with Gasteiger partial charge in [-0.15, -0.1) is 0 Å². The van der Waals surface area contributed by atoms with E-state index in [1.165, 1.54) is 19.3 Å². The fraction of sp³-hybridized carbons (Fsp3) is 0.786. The van der Waals surface area contributed by atoms with Crippen molar-refractivity contribution in [2.45, 2.75) is 45.7 Å². The van der Waals surface area contributed by atoms with Gasteiger partial charge >= 0.3 is 0 Å². The molecular weight excluding hydrogens is 260 g/mol. The number of nitrogens with one attached hydrogen (secondary N) is 1. The Labute approximate surface area is 121 Å². The quantitative estimate of drug-likeness (QED) is 0.870. The Hall–Kier alpha value is -0.580. The highest BCUT2D eigenvalue weighted by Gasteiger charge is 2.20. The smallest absolute Gasteiger partial charge is 0.0860 e. The minimum absolute atomic E-state index is 0.639. The zero-order chi connectivity index (χ0) is 13.8. The summed E-state index contributed by atoms with van der Waals surface area (Å²) in [6.45, 7) is 8.46. The zero-order valence-corrected chi connectivity index (χ0v) is 13.0. The van der Waals surface area contributed by atoms with Crippen molar-refractivity contribution in [1.29, 1.82) is 0 Å². The van der Waals surface area contributed by atoms with Crippen molar-refractivity contribution in [3.63, 3.8) is 0 Å². The molecule has 1 saturated heterocycles. The largest absolute Gasteiger partial charge is 0.313 e. The van der Waals surface area contributed by atoms with Gasteiger partial charge in [0.1, 0.15) is 0 Å². The Kier molecular flexibility index (Phi) is 5.25. The number of rotatable bonds is 6. The van der Waals surface area contributed by atoms with Crippen LogP contribution < -0.4 is 5.32 Å². The molecule has 1 aromatic rings. The van der Waals surface area contributed by atoms with Gasteiger partial charge in [0.25, 0.3) is 0 Å². The predicted molar refractivity (Wildman–Crippen MR) is 79.5 cm³/mol. The van der Waals surface area contributed by atoms with Crippen LogP contribution in [0.4, 0.5) is 0 Å². The first-order valence-electron chi connectivity index (χ1n) is 7.25. The summed E-state index contributed by atoms with van der Waals surface area (Å²) in [5, 5.41) is 8.79. The van der Waals surface area contributed by atoms with Crippen LogP contribution in [0.3, 0.4) is 0 Å². The molecule has 0 bridgehead atoms. The fourth-order valence-electron chi connectivity index (χ4n) is 2.84. The van der Waals surface area contributed by atoms with E-state index in [-0.39, 0.29) is 0 Å². The SMILES string of the molecule is CCCN(Cc1c(Cl)c(C)nn1C)CC1CCCN1. The molecule has 5 heteroatoms. The molecule has 4 nitrogen and oxygen atoms in total. The molecule has 1 atom stereocenters. The van der Waals surface area contributed by atoms with Gasteiger partial charge in [-0.2, -0.15) is 5.10 Å². The molecule has 2 heterocycles. The van der Waals surface area contributed by atoms with Crippen LogP contribution in [0.2, 0.25) is 5.02 Å². The van der Waals surface area contributed by atoms with Crippen LogP contribution in [-0.4, -0.2) is 40.4 Å². The number of aryl methyl sites for hydroxylation is 2. The Balaban J connectivity index is 2.02. The second-order valence-electron chi connectivity index (χ2n) is 5.50. The van der Waals surface area contributed by atoms with Crippen LogP contribution in [0.25, 0.3) is 0 Å². The van der Waals surface area contributed by atoms with E-state index in [4.69, 9.17) is 11.6 Å². The first-order chi connectivity index (χ1) is 9.11. The molecule has 0 aliphatic carbocycles. The van der Waals surface area contributed by atoms with Crippen molar-refractivity contribution in [1.82, 2.24) is 20.0 Å². The third kappa shape index (κ3) is 3.71. The Morgan fingerprint density at radius 3 is 2.84 bits per heavy atom. The standard InChI is InChI=1S/C14H25ClN4/c1-4-8-19(9-12-6-5-7-16-12)10-13-14(15)11(2)17-18(13)3/h12,16H,4-10H2,1-3H3. The van der Waals surface area contributed by atoms with E-state index in [1.54, 1.807) is 0 Å². The summed E-state index contributed by atoms with van der Waals surface area (Å²) in [5.74, 6) is 0. The molecule has 19 heavy (non-hydrogen) atoms. The topological polar surface area (TPSA) is 33.1 Å². The lowest BCUT2D eigenvalue weighted by atomic mass is 10.2. The van der Waals surface area contributed by atoms with Gasteiger partial charge in [-0.25, -0.2) is 0 Å². The summed E-state index contributed by atoms with van der Waals surface area (Å²) in [6.07, 6.45) is 3.76. The number of nitrogens with zero attached hydrogens (tertiary/aromatic N) is 3. The molecule has 1 fully saturated rings. The second-order valence-corrected chi connectivity index (χ2v) is 5.88. The van der Waals surface area contributed by atoms with Crippen molar-refractivity contribution in [3.8, 4) is 0 Å². The Bertz CT molecular complexity index is 410. The van der Waals surface area contributed by atoms with E-state index >= 15 is 0 Å². The van der Waals surface area contributed by atoms with Crippen LogP contribution in [0.1, 0.15) is 37.6 Å². The van der Waals surface area contributed by atoms with Crippen LogP contribution in [0, 0.1) is 6.92 Å².